The number of benzodiazepines with no additional fused rings is 1. The van der Waals surface area contributed by atoms with E-state index in [1.54, 1.807) is 6.07 Å². The van der Waals surface area contributed by atoms with Gasteiger partial charge in [0.15, 0.2) is 5.69 Å². The Morgan fingerprint density at radius 3 is 2.62 bits per heavy atom. The maximum atomic E-state index is 13.1. The van der Waals surface area contributed by atoms with Gasteiger partial charge in [-0.2, -0.15) is 10.3 Å². The van der Waals surface area contributed by atoms with Gasteiger partial charge in [0.25, 0.3) is 11.8 Å². The van der Waals surface area contributed by atoms with Crippen molar-refractivity contribution in [3.05, 3.63) is 83.6 Å². The second kappa shape index (κ2) is 10.3. The molecule has 4 aromatic rings. The Bertz CT molecular complexity index is 1590. The summed E-state index contributed by atoms with van der Waals surface area (Å²) in [5.74, 6) is -0.264. The molecule has 194 valence electrons. The molecule has 6 rings (SSSR count). The minimum absolute atomic E-state index is 0.00967. The van der Waals surface area contributed by atoms with Crippen molar-refractivity contribution in [2.45, 2.75) is 6.17 Å². The van der Waals surface area contributed by atoms with Gasteiger partial charge in [0.05, 0.1) is 22.6 Å². The zero-order chi connectivity index (χ0) is 26.8. The Kier molecular flexibility index (Phi) is 6.42. The van der Waals surface area contributed by atoms with E-state index >= 15 is 0 Å². The largest absolute Gasteiger partial charge is 0.402 e. The third-order valence-corrected chi connectivity index (χ3v) is 6.48. The number of aliphatic imine (C=N–C) groups is 1. The molecule has 0 bridgehead atoms. The number of hydrogen-bond acceptors (Lipinski definition) is 11. The molecule has 1 saturated heterocycles. The van der Waals surface area contributed by atoms with Gasteiger partial charge in [-0.15, -0.1) is 5.10 Å². The lowest BCUT2D eigenvalue weighted by Gasteiger charge is -2.33. The van der Waals surface area contributed by atoms with Crippen molar-refractivity contribution in [3.8, 4) is 17.7 Å². The number of pyridine rings is 1. The normalized spacial score (nSPS) is 17.4. The number of nitriles is 1. The molecule has 39 heavy (non-hydrogen) atoms. The maximum Gasteiger partial charge on any atom is 0.317 e. The van der Waals surface area contributed by atoms with Gasteiger partial charge in [-0.05, 0) is 12.1 Å². The highest BCUT2D eigenvalue weighted by molar-refractivity contribution is 6.19. The summed E-state index contributed by atoms with van der Waals surface area (Å²) in [5.41, 5.74) is 4.36. The van der Waals surface area contributed by atoms with Gasteiger partial charge in [0, 0.05) is 43.5 Å². The fourth-order valence-electron chi connectivity index (χ4n) is 4.53. The molecule has 3 N–H and O–H groups in total. The van der Waals surface area contributed by atoms with Crippen LogP contribution in [0.3, 0.4) is 0 Å². The Labute approximate surface area is 223 Å². The highest BCUT2D eigenvalue weighted by Crippen LogP contribution is 2.31. The summed E-state index contributed by atoms with van der Waals surface area (Å²) >= 11 is 0. The van der Waals surface area contributed by atoms with E-state index in [9.17, 15) is 15.3 Å². The van der Waals surface area contributed by atoms with Gasteiger partial charge in [0.2, 0.25) is 6.17 Å². The number of para-hydroxylation sites is 1. The minimum Gasteiger partial charge on any atom is -0.402 e. The highest BCUT2D eigenvalue weighted by Gasteiger charge is 2.28. The first-order valence-corrected chi connectivity index (χ1v) is 12.3. The smallest absolute Gasteiger partial charge is 0.317 e. The number of hydrogen-bond donors (Lipinski definition) is 3. The van der Waals surface area contributed by atoms with Gasteiger partial charge in [-0.25, -0.2) is 9.98 Å². The van der Waals surface area contributed by atoms with Crippen LogP contribution in [0.4, 0.5) is 17.4 Å². The summed E-state index contributed by atoms with van der Waals surface area (Å²) in [5, 5.41) is 34.5. The van der Waals surface area contributed by atoms with Gasteiger partial charge >= 0.3 is 6.01 Å². The molecule has 0 spiro atoms. The molecule has 0 unspecified atom stereocenters. The van der Waals surface area contributed by atoms with Gasteiger partial charge in [-0.3, -0.25) is 4.79 Å². The van der Waals surface area contributed by atoms with E-state index < -0.39 is 6.17 Å². The number of piperazine rings is 1. The molecule has 2 aromatic carbocycles. The van der Waals surface area contributed by atoms with Crippen LogP contribution in [0.2, 0.25) is 0 Å². The van der Waals surface area contributed by atoms with Crippen molar-refractivity contribution >= 4 is 29.0 Å². The maximum absolute atomic E-state index is 13.1. The fourth-order valence-corrected chi connectivity index (χ4v) is 4.53. The van der Waals surface area contributed by atoms with Crippen molar-refractivity contribution in [3.63, 3.8) is 0 Å². The molecule has 1 amide bonds. The number of nitrogens with zero attached hydrogens (tertiary/aromatic N) is 7. The van der Waals surface area contributed by atoms with E-state index in [0.29, 0.717) is 54.5 Å². The molecule has 1 atom stereocenters. The van der Waals surface area contributed by atoms with Crippen LogP contribution in [-0.4, -0.2) is 69.4 Å². The number of benzene rings is 2. The second-order valence-corrected chi connectivity index (χ2v) is 8.98. The first-order chi connectivity index (χ1) is 19.1. The van der Waals surface area contributed by atoms with Crippen molar-refractivity contribution < 1.29 is 14.4 Å². The molecular weight excluding hydrogens is 498 g/mol. The number of fused-ring (bicyclic) bond motifs is 1. The van der Waals surface area contributed by atoms with E-state index in [1.165, 1.54) is 11.3 Å². The monoisotopic (exact) mass is 521 g/mol. The third kappa shape index (κ3) is 4.91. The number of hydroxylamine groups is 2. The van der Waals surface area contributed by atoms with Crippen LogP contribution in [0, 0.1) is 11.3 Å². The van der Waals surface area contributed by atoms with Crippen LogP contribution < -0.4 is 15.5 Å². The molecule has 0 saturated carbocycles. The molecule has 0 radical (unpaired) electrons. The lowest BCUT2D eigenvalue weighted by Crippen LogP contribution is -2.45. The van der Waals surface area contributed by atoms with Gasteiger partial charge in [0.1, 0.15) is 6.07 Å². The van der Waals surface area contributed by atoms with Gasteiger partial charge < -0.3 is 25.2 Å². The lowest BCUT2D eigenvalue weighted by molar-refractivity contribution is -0.116. The minimum atomic E-state index is -1.05. The first kappa shape index (κ1) is 24.2. The zero-order valence-electron chi connectivity index (χ0n) is 20.7. The summed E-state index contributed by atoms with van der Waals surface area (Å²) in [6, 6.07) is 20.9. The van der Waals surface area contributed by atoms with Gasteiger partial charge in [-0.1, -0.05) is 53.6 Å². The number of rotatable bonds is 5. The van der Waals surface area contributed by atoms with Crippen molar-refractivity contribution in [1.29, 1.82) is 5.26 Å². The average molecular weight is 522 g/mol. The molecule has 4 heterocycles. The highest BCUT2D eigenvalue weighted by atomic mass is 16.5. The van der Waals surface area contributed by atoms with Crippen molar-refractivity contribution in [1.82, 2.24) is 20.2 Å². The number of amides is 1. The number of aromatic nitrogens is 3. The molecule has 1 fully saturated rings. The molecule has 12 heteroatoms. The average Bonchev–Trinajstić information content (AvgIpc) is 3.39. The molecule has 12 nitrogen and oxygen atoms in total. The second-order valence-electron chi connectivity index (χ2n) is 8.98. The number of carbonyl (C=O) groups excluding carboxylic acids is 1. The van der Waals surface area contributed by atoms with Crippen LogP contribution in [-0.2, 0) is 4.79 Å². The van der Waals surface area contributed by atoms with Crippen molar-refractivity contribution in [2.24, 2.45) is 4.99 Å². The Morgan fingerprint density at radius 1 is 1.05 bits per heavy atom. The molecular formula is C27H23N9O3. The van der Waals surface area contributed by atoms with E-state index in [2.05, 4.69) is 31.9 Å². The summed E-state index contributed by atoms with van der Waals surface area (Å²) in [7, 11) is 0. The summed E-state index contributed by atoms with van der Waals surface area (Å²) in [4.78, 5) is 24.3. The molecule has 2 aliphatic heterocycles. The predicted octanol–water partition coefficient (Wildman–Crippen LogP) is 2.74. The number of anilines is 3. The standard InChI is InChI=1S/C27H23N9O3/c28-15-17-14-21(35-10-12-36(38)13-11-35)23(29-16-17)26-33-34-27(39-26)32-24-25(37)30-20-9-5-4-8-19(20)22(31-24)18-6-2-1-3-7-18/h1-9,14,16,24,38H,10-13H2,(H,30,37)(H,32,34)/t24-/m1/s1. The van der Waals surface area contributed by atoms with Crippen LogP contribution in [0.25, 0.3) is 11.6 Å². The Hall–Kier alpha value is -5.12. The van der Waals surface area contributed by atoms with E-state index in [1.807, 2.05) is 59.5 Å². The fraction of sp³-hybridized carbons (Fsp3) is 0.185. The van der Waals surface area contributed by atoms with E-state index in [-0.39, 0.29) is 17.8 Å². The van der Waals surface area contributed by atoms with Crippen LogP contribution >= 0.6 is 0 Å². The Morgan fingerprint density at radius 2 is 1.82 bits per heavy atom. The SMILES string of the molecule is N#Cc1cnc(-c2nnc(N[C@H]3N=C(c4ccccc4)c4ccccc4NC3=O)o2)c(N2CCN(O)CC2)c1. The molecule has 2 aromatic heterocycles. The lowest BCUT2D eigenvalue weighted by atomic mass is 10.0. The number of carbonyl (C=O) groups is 1. The van der Waals surface area contributed by atoms with Crippen LogP contribution in [0.5, 0.6) is 0 Å². The summed E-state index contributed by atoms with van der Waals surface area (Å²) < 4.78 is 5.89. The predicted molar refractivity (Wildman–Crippen MR) is 142 cm³/mol. The Balaban J connectivity index is 1.32. The zero-order valence-corrected chi connectivity index (χ0v) is 20.7. The molecule has 0 aliphatic carbocycles. The van der Waals surface area contributed by atoms with E-state index in [0.717, 1.165) is 11.1 Å². The molecule has 2 aliphatic rings. The third-order valence-electron chi connectivity index (χ3n) is 6.48. The van der Waals surface area contributed by atoms with Crippen LogP contribution in [0.15, 0.2) is 76.3 Å². The van der Waals surface area contributed by atoms with E-state index in [4.69, 9.17) is 9.41 Å². The topological polar surface area (TPSA) is 156 Å². The number of nitrogens with one attached hydrogen (secondary N) is 2. The summed E-state index contributed by atoms with van der Waals surface area (Å²) in [6.45, 7) is 1.93. The first-order valence-electron chi connectivity index (χ1n) is 12.3. The quantitative estimate of drug-likeness (QED) is 0.357. The summed E-state index contributed by atoms with van der Waals surface area (Å²) in [6.07, 6.45) is 0.386. The van der Waals surface area contributed by atoms with Crippen LogP contribution in [0.1, 0.15) is 16.7 Å². The van der Waals surface area contributed by atoms with Crippen molar-refractivity contribution in [2.75, 3.05) is 41.7 Å².